The monoisotopic (exact) mass is 375 g/mol. The number of amides is 1. The molecule has 0 unspecified atom stereocenters. The number of aromatic nitrogens is 4. The second-order valence-electron chi connectivity index (χ2n) is 5.69. The summed E-state index contributed by atoms with van der Waals surface area (Å²) >= 11 is 0. The number of aryl methyl sites for hydroxylation is 2. The van der Waals surface area contributed by atoms with Gasteiger partial charge in [0.05, 0.1) is 11.2 Å². The molecular formula is C15H17N7O3S. The van der Waals surface area contributed by atoms with E-state index in [0.717, 1.165) is 5.56 Å². The summed E-state index contributed by atoms with van der Waals surface area (Å²) in [4.78, 5) is 24.2. The van der Waals surface area contributed by atoms with Crippen molar-refractivity contribution in [2.24, 2.45) is 5.14 Å². The van der Waals surface area contributed by atoms with Crippen molar-refractivity contribution in [1.29, 1.82) is 0 Å². The number of carbonyl (C=O) groups is 1. The molecule has 10 nitrogen and oxygen atoms in total. The summed E-state index contributed by atoms with van der Waals surface area (Å²) in [6.45, 7) is 2.07. The van der Waals surface area contributed by atoms with E-state index in [1.807, 2.05) is 0 Å². The first-order valence-corrected chi connectivity index (χ1v) is 9.15. The van der Waals surface area contributed by atoms with E-state index < -0.39 is 10.0 Å². The van der Waals surface area contributed by atoms with E-state index in [-0.39, 0.29) is 23.0 Å². The van der Waals surface area contributed by atoms with Gasteiger partial charge in [-0.2, -0.15) is 0 Å². The highest BCUT2D eigenvalue weighted by atomic mass is 32.2. The first kappa shape index (κ1) is 17.8. The molecule has 1 aromatic carbocycles. The number of hydrogen-bond acceptors (Lipinski definition) is 7. The van der Waals surface area contributed by atoms with Crippen LogP contribution >= 0.6 is 0 Å². The second kappa shape index (κ2) is 6.69. The van der Waals surface area contributed by atoms with Crippen molar-refractivity contribution in [2.45, 2.75) is 24.8 Å². The Bertz CT molecular complexity index is 1090. The van der Waals surface area contributed by atoms with Gasteiger partial charge in [0.15, 0.2) is 11.5 Å². The van der Waals surface area contributed by atoms with Crippen molar-refractivity contribution in [2.75, 3.05) is 11.1 Å². The number of primary sulfonamides is 1. The van der Waals surface area contributed by atoms with Crippen LogP contribution < -0.4 is 16.2 Å². The lowest BCUT2D eigenvalue weighted by Gasteiger charge is -2.10. The molecule has 11 heteroatoms. The number of nitrogens with one attached hydrogen (secondary N) is 1. The van der Waals surface area contributed by atoms with E-state index in [9.17, 15) is 13.2 Å². The molecule has 0 radical (unpaired) electrons. The van der Waals surface area contributed by atoms with E-state index in [2.05, 4.69) is 20.3 Å². The molecule has 0 saturated heterocycles. The van der Waals surface area contributed by atoms with Crippen LogP contribution in [-0.4, -0.2) is 33.8 Å². The van der Waals surface area contributed by atoms with Gasteiger partial charge in [0.2, 0.25) is 15.9 Å². The number of nitrogens with two attached hydrogens (primary N) is 2. The highest BCUT2D eigenvalue weighted by Crippen LogP contribution is 2.20. The van der Waals surface area contributed by atoms with Gasteiger partial charge in [-0.1, -0.05) is 6.07 Å². The molecular weight excluding hydrogens is 358 g/mol. The van der Waals surface area contributed by atoms with Gasteiger partial charge in [0, 0.05) is 18.7 Å². The predicted octanol–water partition coefficient (Wildman–Crippen LogP) is 0.393. The van der Waals surface area contributed by atoms with Gasteiger partial charge in [0.1, 0.15) is 11.8 Å². The Kier molecular flexibility index (Phi) is 4.57. The third kappa shape index (κ3) is 3.63. The molecule has 0 bridgehead atoms. The summed E-state index contributed by atoms with van der Waals surface area (Å²) in [6.07, 6.45) is 2.98. The van der Waals surface area contributed by atoms with Gasteiger partial charge in [-0.05, 0) is 24.6 Å². The molecule has 2 aromatic heterocycles. The van der Waals surface area contributed by atoms with Crippen LogP contribution in [0.1, 0.15) is 12.0 Å². The number of fused-ring (bicyclic) bond motifs is 1. The van der Waals surface area contributed by atoms with Crippen LogP contribution in [0.5, 0.6) is 0 Å². The number of imidazole rings is 1. The van der Waals surface area contributed by atoms with E-state index in [1.165, 1.54) is 24.8 Å². The van der Waals surface area contributed by atoms with Crippen molar-refractivity contribution in [1.82, 2.24) is 19.5 Å². The molecule has 0 fully saturated rings. The lowest BCUT2D eigenvalue weighted by atomic mass is 10.2. The van der Waals surface area contributed by atoms with Crippen molar-refractivity contribution in [3.05, 3.63) is 36.4 Å². The molecule has 0 saturated carbocycles. The van der Waals surface area contributed by atoms with E-state index in [0.29, 0.717) is 23.4 Å². The molecule has 0 spiro atoms. The van der Waals surface area contributed by atoms with Crippen molar-refractivity contribution >= 4 is 38.6 Å². The normalized spacial score (nSPS) is 11.6. The fourth-order valence-corrected chi connectivity index (χ4v) is 2.99. The molecule has 5 N–H and O–H groups in total. The number of hydrogen-bond donors (Lipinski definition) is 3. The molecule has 3 rings (SSSR count). The zero-order valence-electron chi connectivity index (χ0n) is 13.9. The first-order valence-electron chi connectivity index (χ1n) is 7.60. The van der Waals surface area contributed by atoms with Crippen molar-refractivity contribution in [3.8, 4) is 0 Å². The lowest BCUT2D eigenvalue weighted by Crippen LogP contribution is -2.17. The largest absolute Gasteiger partial charge is 0.382 e. The molecule has 0 aliphatic carbocycles. The third-order valence-corrected chi connectivity index (χ3v) is 4.74. The maximum Gasteiger partial charge on any atom is 0.238 e. The Morgan fingerprint density at radius 1 is 1.27 bits per heavy atom. The Labute approximate surface area is 149 Å². The average Bonchev–Trinajstić information content (AvgIpc) is 2.98. The van der Waals surface area contributed by atoms with E-state index >= 15 is 0 Å². The summed E-state index contributed by atoms with van der Waals surface area (Å²) in [5, 5.41) is 7.81. The van der Waals surface area contributed by atoms with Gasteiger partial charge in [0.25, 0.3) is 0 Å². The van der Waals surface area contributed by atoms with Crippen molar-refractivity contribution < 1.29 is 13.2 Å². The zero-order chi connectivity index (χ0) is 18.9. The number of benzene rings is 1. The van der Waals surface area contributed by atoms with Crippen LogP contribution in [-0.2, 0) is 21.4 Å². The molecule has 0 aliphatic heterocycles. The zero-order valence-corrected chi connectivity index (χ0v) is 14.7. The van der Waals surface area contributed by atoms with Crippen LogP contribution in [0.2, 0.25) is 0 Å². The summed E-state index contributed by atoms with van der Waals surface area (Å²) < 4.78 is 24.6. The molecule has 0 aliphatic rings. The summed E-state index contributed by atoms with van der Waals surface area (Å²) in [5.74, 6) is -0.0125. The van der Waals surface area contributed by atoms with Gasteiger partial charge < -0.3 is 15.6 Å². The Morgan fingerprint density at radius 2 is 2.04 bits per heavy atom. The first-order chi connectivity index (χ1) is 12.3. The summed E-state index contributed by atoms with van der Waals surface area (Å²) in [5.41, 5.74) is 7.95. The number of nitrogen functional groups attached to an aromatic ring is 1. The van der Waals surface area contributed by atoms with Gasteiger partial charge in [-0.25, -0.2) is 28.5 Å². The minimum atomic E-state index is -3.85. The Balaban J connectivity index is 1.73. The topological polar surface area (TPSA) is 159 Å². The summed E-state index contributed by atoms with van der Waals surface area (Å²) in [7, 11) is -3.85. The fourth-order valence-electron chi connectivity index (χ4n) is 2.45. The fraction of sp³-hybridized carbons (Fsp3) is 0.200. The van der Waals surface area contributed by atoms with Crippen LogP contribution in [0, 0.1) is 6.92 Å². The summed E-state index contributed by atoms with van der Waals surface area (Å²) in [6, 6.07) is 4.30. The number of sulfonamides is 1. The molecule has 26 heavy (non-hydrogen) atoms. The van der Waals surface area contributed by atoms with Gasteiger partial charge in [-0.15, -0.1) is 0 Å². The number of anilines is 2. The third-order valence-electron chi connectivity index (χ3n) is 3.83. The quantitative estimate of drug-likeness (QED) is 0.581. The lowest BCUT2D eigenvalue weighted by molar-refractivity contribution is -0.116. The van der Waals surface area contributed by atoms with Crippen LogP contribution in [0.4, 0.5) is 11.5 Å². The van der Waals surface area contributed by atoms with Gasteiger partial charge in [-0.3, -0.25) is 4.79 Å². The maximum atomic E-state index is 12.3. The standard InChI is InChI=1S/C15H17N7O3S/c1-9-2-3-10(26(17,24)25)6-11(9)21-12(23)4-5-22-8-20-15-13(22)14(16)18-7-19-15/h2-3,6-8H,4-5H2,1H3,(H,21,23)(H2,16,18,19)(H2,17,24,25). The number of rotatable bonds is 5. The average molecular weight is 375 g/mol. The highest BCUT2D eigenvalue weighted by Gasteiger charge is 2.13. The Hall–Kier alpha value is -3.05. The van der Waals surface area contributed by atoms with E-state index in [4.69, 9.17) is 10.9 Å². The minimum Gasteiger partial charge on any atom is -0.382 e. The van der Waals surface area contributed by atoms with Crippen LogP contribution in [0.15, 0.2) is 35.7 Å². The highest BCUT2D eigenvalue weighted by molar-refractivity contribution is 7.89. The number of carbonyl (C=O) groups excluding carboxylic acids is 1. The van der Waals surface area contributed by atoms with Gasteiger partial charge >= 0.3 is 0 Å². The Morgan fingerprint density at radius 3 is 2.77 bits per heavy atom. The molecule has 0 atom stereocenters. The minimum absolute atomic E-state index is 0.0658. The maximum absolute atomic E-state index is 12.3. The second-order valence-corrected chi connectivity index (χ2v) is 7.25. The van der Waals surface area contributed by atoms with Crippen LogP contribution in [0.3, 0.4) is 0 Å². The molecule has 1 amide bonds. The SMILES string of the molecule is Cc1ccc(S(N)(=O)=O)cc1NC(=O)CCn1cnc2ncnc(N)c21. The smallest absolute Gasteiger partial charge is 0.238 e. The predicted molar refractivity (Wildman–Crippen MR) is 95.5 cm³/mol. The van der Waals surface area contributed by atoms with Crippen LogP contribution in [0.25, 0.3) is 11.2 Å². The van der Waals surface area contributed by atoms with Crippen molar-refractivity contribution in [3.63, 3.8) is 0 Å². The molecule has 3 aromatic rings. The molecule has 2 heterocycles. The molecule has 136 valence electrons. The van der Waals surface area contributed by atoms with E-state index in [1.54, 1.807) is 17.6 Å². The number of nitrogens with zero attached hydrogens (tertiary/aromatic N) is 4.